The zero-order valence-corrected chi connectivity index (χ0v) is 11.9. The van der Waals surface area contributed by atoms with Gasteiger partial charge in [0.1, 0.15) is 5.75 Å². The van der Waals surface area contributed by atoms with Crippen molar-refractivity contribution in [1.82, 2.24) is 0 Å². The third kappa shape index (κ3) is 3.01. The van der Waals surface area contributed by atoms with Crippen LogP contribution >= 0.6 is 0 Å². The van der Waals surface area contributed by atoms with Crippen LogP contribution in [0, 0.1) is 0 Å². The van der Waals surface area contributed by atoms with Crippen LogP contribution in [0.4, 0.5) is 0 Å². The van der Waals surface area contributed by atoms with E-state index in [-0.39, 0.29) is 0 Å². The standard InChI is InChI=1S/C10H18OSi2/c1-4-11-9-5-7-10(8-6-9)13(2,3)12/h5-8H,4H2,1-3,12H3. The van der Waals surface area contributed by atoms with Crippen molar-refractivity contribution in [2.45, 2.75) is 20.0 Å². The largest absolute Gasteiger partial charge is 0.494 e. The van der Waals surface area contributed by atoms with E-state index >= 15 is 0 Å². The van der Waals surface area contributed by atoms with Gasteiger partial charge in [-0.15, -0.1) is 0 Å². The van der Waals surface area contributed by atoms with Crippen molar-refractivity contribution in [3.63, 3.8) is 0 Å². The summed E-state index contributed by atoms with van der Waals surface area (Å²) in [5, 5.41) is 1.54. The van der Waals surface area contributed by atoms with Crippen molar-refractivity contribution in [3.05, 3.63) is 24.3 Å². The predicted octanol–water partition coefficient (Wildman–Crippen LogP) is 0.863. The highest BCUT2D eigenvalue weighted by Crippen LogP contribution is 2.09. The molecule has 3 heteroatoms. The number of ether oxygens (including phenoxy) is 1. The van der Waals surface area contributed by atoms with Gasteiger partial charge in [0.25, 0.3) is 0 Å². The number of hydrogen-bond donors (Lipinski definition) is 0. The van der Waals surface area contributed by atoms with Crippen LogP contribution in [0.3, 0.4) is 0 Å². The summed E-state index contributed by atoms with van der Waals surface area (Å²) in [5.74, 6) is 0.992. The molecular weight excluding hydrogens is 192 g/mol. The summed E-state index contributed by atoms with van der Waals surface area (Å²) in [7, 11) is 0.318. The van der Waals surface area contributed by atoms with Gasteiger partial charge in [-0.05, 0) is 19.1 Å². The minimum atomic E-state index is -0.996. The quantitative estimate of drug-likeness (QED) is 0.673. The van der Waals surface area contributed by atoms with Gasteiger partial charge in [0.2, 0.25) is 0 Å². The lowest BCUT2D eigenvalue weighted by Crippen LogP contribution is -2.41. The second-order valence-electron chi connectivity index (χ2n) is 4.21. The Morgan fingerprint density at radius 1 is 1.23 bits per heavy atom. The molecule has 0 fully saturated rings. The molecule has 0 aliphatic heterocycles. The lowest BCUT2D eigenvalue weighted by Gasteiger charge is -2.16. The van der Waals surface area contributed by atoms with E-state index in [1.54, 1.807) is 5.19 Å². The smallest absolute Gasteiger partial charge is 0.119 e. The van der Waals surface area contributed by atoms with Gasteiger partial charge in [0.05, 0.1) is 14.2 Å². The van der Waals surface area contributed by atoms with Crippen molar-refractivity contribution in [2.24, 2.45) is 0 Å². The monoisotopic (exact) mass is 210 g/mol. The van der Waals surface area contributed by atoms with E-state index in [0.717, 1.165) is 12.4 Å². The van der Waals surface area contributed by atoms with Crippen LogP contribution in [0.25, 0.3) is 0 Å². The van der Waals surface area contributed by atoms with Crippen LogP contribution in [0.2, 0.25) is 13.1 Å². The Labute approximate surface area is 84.3 Å². The number of benzene rings is 1. The Kier molecular flexibility index (Phi) is 3.33. The fourth-order valence-corrected chi connectivity index (χ4v) is 3.38. The second-order valence-corrected chi connectivity index (χ2v) is 16.8. The third-order valence-electron chi connectivity index (χ3n) is 2.03. The van der Waals surface area contributed by atoms with Gasteiger partial charge in [-0.2, -0.15) is 0 Å². The fraction of sp³-hybridized carbons (Fsp3) is 0.400. The van der Waals surface area contributed by atoms with Gasteiger partial charge in [-0.25, -0.2) is 0 Å². The average molecular weight is 210 g/mol. The first kappa shape index (κ1) is 10.5. The molecule has 0 N–H and O–H groups in total. The molecule has 0 amide bonds. The molecule has 0 aliphatic rings. The summed E-state index contributed by atoms with van der Waals surface area (Å²) < 4.78 is 5.40. The minimum absolute atomic E-state index is 0.751. The van der Waals surface area contributed by atoms with Crippen LogP contribution < -0.4 is 9.92 Å². The highest BCUT2D eigenvalue weighted by Gasteiger charge is 2.15. The maximum Gasteiger partial charge on any atom is 0.119 e. The molecule has 0 aromatic heterocycles. The van der Waals surface area contributed by atoms with Crippen LogP contribution in [0.5, 0.6) is 5.75 Å². The van der Waals surface area contributed by atoms with E-state index in [2.05, 4.69) is 37.4 Å². The maximum atomic E-state index is 5.40. The first-order valence-corrected chi connectivity index (χ1v) is 11.3. The number of rotatable bonds is 3. The second kappa shape index (κ2) is 4.11. The summed E-state index contributed by atoms with van der Waals surface area (Å²) in [6.45, 7) is 7.59. The minimum Gasteiger partial charge on any atom is -0.494 e. The maximum absolute atomic E-state index is 5.40. The van der Waals surface area contributed by atoms with Gasteiger partial charge in [0, 0.05) is 9.76 Å². The molecule has 1 rings (SSSR count). The lowest BCUT2D eigenvalue weighted by atomic mass is 10.3. The first-order valence-electron chi connectivity index (χ1n) is 4.77. The summed E-state index contributed by atoms with van der Waals surface area (Å²) >= 11 is 0. The topological polar surface area (TPSA) is 9.23 Å². The van der Waals surface area contributed by atoms with Crippen LogP contribution in [-0.4, -0.2) is 24.0 Å². The summed E-state index contributed by atoms with van der Waals surface area (Å²) in [6, 6.07) is 8.63. The lowest BCUT2D eigenvalue weighted by molar-refractivity contribution is 0.340. The summed E-state index contributed by atoms with van der Waals surface area (Å²) in [6.07, 6.45) is 0. The Balaban J connectivity index is 2.81. The van der Waals surface area contributed by atoms with Crippen molar-refractivity contribution in [3.8, 4) is 5.75 Å². The third-order valence-corrected chi connectivity index (χ3v) is 5.83. The fourth-order valence-electron chi connectivity index (χ4n) is 1.22. The molecule has 1 nitrogen and oxygen atoms in total. The molecule has 0 bridgehead atoms. The van der Waals surface area contributed by atoms with Gasteiger partial charge in [0.15, 0.2) is 0 Å². The zero-order valence-electron chi connectivity index (χ0n) is 8.92. The van der Waals surface area contributed by atoms with E-state index < -0.39 is 7.59 Å². The molecule has 0 atom stereocenters. The molecule has 0 aliphatic carbocycles. The molecule has 0 radical (unpaired) electrons. The molecule has 13 heavy (non-hydrogen) atoms. The molecule has 0 saturated carbocycles. The first-order chi connectivity index (χ1) is 6.04. The van der Waals surface area contributed by atoms with E-state index in [0.29, 0.717) is 0 Å². The molecule has 72 valence electrons. The SMILES string of the molecule is CCOc1ccc([Si](C)(C)[SiH3])cc1. The molecule has 1 aromatic carbocycles. The van der Waals surface area contributed by atoms with Crippen LogP contribution in [0.1, 0.15) is 6.92 Å². The highest BCUT2D eigenvalue weighted by molar-refractivity contribution is 7.23. The average Bonchev–Trinajstić information content (AvgIpc) is 2.04. The summed E-state index contributed by atoms with van der Waals surface area (Å²) in [5.41, 5.74) is 0. The zero-order chi connectivity index (χ0) is 9.90. The van der Waals surface area contributed by atoms with Gasteiger partial charge < -0.3 is 4.74 Å². The Morgan fingerprint density at radius 3 is 2.15 bits per heavy atom. The van der Waals surface area contributed by atoms with Gasteiger partial charge >= 0.3 is 0 Å². The Hall–Kier alpha value is -0.546. The van der Waals surface area contributed by atoms with Crippen molar-refractivity contribution >= 4 is 22.5 Å². The van der Waals surface area contributed by atoms with E-state index in [1.165, 1.54) is 9.76 Å². The number of hydrogen-bond acceptors (Lipinski definition) is 1. The van der Waals surface area contributed by atoms with E-state index in [1.807, 2.05) is 6.92 Å². The molecule has 0 unspecified atom stereocenters. The molecule has 0 heterocycles. The molecule has 1 aromatic rings. The molecular formula is C10H18OSi2. The summed E-state index contributed by atoms with van der Waals surface area (Å²) in [4.78, 5) is 0. The molecule has 0 saturated heterocycles. The highest BCUT2D eigenvalue weighted by atomic mass is 29.2. The van der Waals surface area contributed by atoms with Gasteiger partial charge in [-0.1, -0.05) is 30.4 Å². The van der Waals surface area contributed by atoms with Crippen molar-refractivity contribution in [2.75, 3.05) is 6.61 Å². The van der Waals surface area contributed by atoms with Crippen LogP contribution in [-0.2, 0) is 0 Å². The predicted molar refractivity (Wildman–Crippen MR) is 64.7 cm³/mol. The van der Waals surface area contributed by atoms with Crippen LogP contribution in [0.15, 0.2) is 24.3 Å². The van der Waals surface area contributed by atoms with Crippen molar-refractivity contribution < 1.29 is 4.74 Å². The van der Waals surface area contributed by atoms with E-state index in [9.17, 15) is 0 Å². The van der Waals surface area contributed by atoms with Gasteiger partial charge in [-0.3, -0.25) is 0 Å². The Morgan fingerprint density at radius 2 is 1.77 bits per heavy atom. The van der Waals surface area contributed by atoms with Crippen molar-refractivity contribution in [1.29, 1.82) is 0 Å². The molecule has 0 spiro atoms. The van der Waals surface area contributed by atoms with E-state index in [4.69, 9.17) is 4.74 Å². The normalized spacial score (nSPS) is 11.6. The Bertz CT molecular complexity index is 261.